The highest BCUT2D eigenvalue weighted by Gasteiger charge is 2.27. The number of ether oxygens (including phenoxy) is 1. The molecule has 0 spiro atoms. The van der Waals surface area contributed by atoms with Crippen molar-refractivity contribution in [3.63, 3.8) is 0 Å². The number of nitrogens with zero attached hydrogens (tertiary/aromatic N) is 3. The number of halogens is 3. The molecular formula is C21H24F3N5O2. The van der Waals surface area contributed by atoms with E-state index < -0.39 is 12.7 Å². The highest BCUT2D eigenvalue weighted by molar-refractivity contribution is 5.94. The van der Waals surface area contributed by atoms with Gasteiger partial charge in [0.2, 0.25) is 11.8 Å². The molecule has 0 radical (unpaired) electrons. The van der Waals surface area contributed by atoms with Gasteiger partial charge in [-0.15, -0.1) is 5.10 Å². The third-order valence-electron chi connectivity index (χ3n) is 5.00. The third kappa shape index (κ3) is 5.07. The Bertz CT molecular complexity index is 1110. The quantitative estimate of drug-likeness (QED) is 0.583. The minimum atomic E-state index is -4.36. The minimum absolute atomic E-state index is 0.144. The number of benzene rings is 1. The van der Waals surface area contributed by atoms with Gasteiger partial charge in [-0.05, 0) is 43.5 Å². The second-order valence-corrected chi connectivity index (χ2v) is 7.19. The summed E-state index contributed by atoms with van der Waals surface area (Å²) in [5, 5.41) is 10.1. The molecule has 3 aromatic rings. The molecule has 10 heteroatoms. The number of para-hydroxylation sites is 2. The Morgan fingerprint density at radius 3 is 2.52 bits per heavy atom. The van der Waals surface area contributed by atoms with Gasteiger partial charge in [0.15, 0.2) is 5.65 Å². The SMILES string of the molecule is COc1nn(C)c2nc(C)c(CCC(=O)Nc3ccccc3NCC(F)(F)F)c(C)c12. The molecule has 3 rings (SSSR count). The number of alkyl halides is 3. The average Bonchev–Trinajstić information content (AvgIpc) is 3.02. The molecule has 31 heavy (non-hydrogen) atoms. The van der Waals surface area contributed by atoms with Crippen LogP contribution < -0.4 is 15.4 Å². The van der Waals surface area contributed by atoms with E-state index in [-0.39, 0.29) is 18.0 Å². The van der Waals surface area contributed by atoms with Crippen LogP contribution in [0.4, 0.5) is 24.5 Å². The molecule has 0 aliphatic carbocycles. The van der Waals surface area contributed by atoms with Gasteiger partial charge in [-0.2, -0.15) is 13.2 Å². The van der Waals surface area contributed by atoms with Crippen LogP contribution in [0.5, 0.6) is 5.88 Å². The first-order chi connectivity index (χ1) is 14.6. The summed E-state index contributed by atoms with van der Waals surface area (Å²) in [6.45, 7) is 2.62. The van der Waals surface area contributed by atoms with Crippen LogP contribution in [0.25, 0.3) is 11.0 Å². The average molecular weight is 435 g/mol. The number of rotatable bonds is 7. The highest BCUT2D eigenvalue weighted by atomic mass is 19.4. The van der Waals surface area contributed by atoms with Crippen LogP contribution in [0.1, 0.15) is 23.2 Å². The fourth-order valence-electron chi connectivity index (χ4n) is 3.50. The molecule has 0 saturated carbocycles. The van der Waals surface area contributed by atoms with E-state index in [0.29, 0.717) is 23.6 Å². The molecule has 1 amide bonds. The van der Waals surface area contributed by atoms with Crippen molar-refractivity contribution in [1.82, 2.24) is 14.8 Å². The Balaban J connectivity index is 1.74. The maximum atomic E-state index is 12.5. The van der Waals surface area contributed by atoms with Gasteiger partial charge in [-0.3, -0.25) is 4.79 Å². The van der Waals surface area contributed by atoms with E-state index in [4.69, 9.17) is 4.74 Å². The largest absolute Gasteiger partial charge is 0.479 e. The summed E-state index contributed by atoms with van der Waals surface area (Å²) < 4.78 is 44.5. The van der Waals surface area contributed by atoms with E-state index in [1.54, 1.807) is 37.0 Å². The Hall–Kier alpha value is -3.30. The molecule has 0 atom stereocenters. The van der Waals surface area contributed by atoms with Crippen molar-refractivity contribution in [1.29, 1.82) is 0 Å². The topological polar surface area (TPSA) is 81.1 Å². The summed E-state index contributed by atoms with van der Waals surface area (Å²) in [4.78, 5) is 17.1. The van der Waals surface area contributed by atoms with Crippen LogP contribution in [0.15, 0.2) is 24.3 Å². The second-order valence-electron chi connectivity index (χ2n) is 7.19. The second kappa shape index (κ2) is 8.83. The Morgan fingerprint density at radius 2 is 1.87 bits per heavy atom. The monoisotopic (exact) mass is 435 g/mol. The van der Waals surface area contributed by atoms with Crippen LogP contribution in [0.2, 0.25) is 0 Å². The summed E-state index contributed by atoms with van der Waals surface area (Å²) in [7, 11) is 3.33. The molecule has 2 N–H and O–H groups in total. The molecule has 0 bridgehead atoms. The first-order valence-corrected chi connectivity index (χ1v) is 9.67. The van der Waals surface area contributed by atoms with Crippen LogP contribution >= 0.6 is 0 Å². The molecule has 166 valence electrons. The molecule has 0 aliphatic rings. The molecule has 2 heterocycles. The van der Waals surface area contributed by atoms with Crippen molar-refractivity contribution in [2.45, 2.75) is 32.9 Å². The van der Waals surface area contributed by atoms with Gasteiger partial charge in [0.05, 0.1) is 23.9 Å². The summed E-state index contributed by atoms with van der Waals surface area (Å²) >= 11 is 0. The Morgan fingerprint density at radius 1 is 1.19 bits per heavy atom. The van der Waals surface area contributed by atoms with Gasteiger partial charge in [0.1, 0.15) is 6.54 Å². The lowest BCUT2D eigenvalue weighted by atomic mass is 10.00. The number of hydrogen-bond donors (Lipinski definition) is 2. The fraction of sp³-hybridized carbons (Fsp3) is 0.381. The Kier molecular flexibility index (Phi) is 6.37. The lowest BCUT2D eigenvalue weighted by molar-refractivity contribution is -0.116. The zero-order valence-corrected chi connectivity index (χ0v) is 17.7. The zero-order chi connectivity index (χ0) is 22.8. The number of hydrogen-bond acceptors (Lipinski definition) is 5. The van der Waals surface area contributed by atoms with Crippen molar-refractivity contribution < 1.29 is 22.7 Å². The van der Waals surface area contributed by atoms with E-state index in [2.05, 4.69) is 20.7 Å². The maximum Gasteiger partial charge on any atom is 0.405 e. The lowest BCUT2D eigenvalue weighted by Gasteiger charge is -2.15. The summed E-state index contributed by atoms with van der Waals surface area (Å²) in [6, 6.07) is 6.29. The van der Waals surface area contributed by atoms with Crippen LogP contribution in [-0.4, -0.2) is 40.5 Å². The first kappa shape index (κ1) is 22.4. The first-order valence-electron chi connectivity index (χ1n) is 9.67. The number of carbonyl (C=O) groups is 1. The number of aromatic nitrogens is 3. The minimum Gasteiger partial charge on any atom is -0.479 e. The number of amides is 1. The number of aryl methyl sites for hydroxylation is 3. The van der Waals surface area contributed by atoms with Crippen LogP contribution in [0.3, 0.4) is 0 Å². The maximum absolute atomic E-state index is 12.5. The summed E-state index contributed by atoms with van der Waals surface area (Å²) in [5.41, 5.74) is 3.85. The van der Waals surface area contributed by atoms with Crippen LogP contribution in [0, 0.1) is 13.8 Å². The van der Waals surface area contributed by atoms with Crippen molar-refractivity contribution in [3.8, 4) is 5.88 Å². The van der Waals surface area contributed by atoms with E-state index in [0.717, 1.165) is 22.2 Å². The predicted octanol–water partition coefficient (Wildman–Crippen LogP) is 4.14. The molecule has 1 aromatic carbocycles. The Labute approximate surface area is 177 Å². The number of fused-ring (bicyclic) bond motifs is 1. The molecule has 0 fully saturated rings. The molecule has 7 nitrogen and oxygen atoms in total. The van der Waals surface area contributed by atoms with Gasteiger partial charge in [0.25, 0.3) is 0 Å². The summed E-state index contributed by atoms with van der Waals surface area (Å²) in [6.07, 6.45) is -3.79. The number of pyridine rings is 1. The molecular weight excluding hydrogens is 411 g/mol. The molecule has 0 saturated heterocycles. The van der Waals surface area contributed by atoms with Gasteiger partial charge >= 0.3 is 6.18 Å². The molecule has 0 unspecified atom stereocenters. The number of methoxy groups -OCH3 is 1. The van der Waals surface area contributed by atoms with Gasteiger partial charge < -0.3 is 15.4 Å². The molecule has 0 aliphatic heterocycles. The standard InChI is InChI=1S/C21H24F3N5O2/c1-12-14(13(2)26-19-18(12)20(31-4)28-29(19)3)9-10-17(30)27-16-8-6-5-7-15(16)25-11-21(22,23)24/h5-8,25H,9-11H2,1-4H3,(H,27,30). The lowest BCUT2D eigenvalue weighted by Crippen LogP contribution is -2.22. The van der Waals surface area contributed by atoms with E-state index in [1.165, 1.54) is 6.07 Å². The number of anilines is 2. The summed E-state index contributed by atoms with van der Waals surface area (Å²) in [5.74, 6) is 0.163. The fourth-order valence-corrected chi connectivity index (χ4v) is 3.50. The van der Waals surface area contributed by atoms with Gasteiger partial charge in [-0.25, -0.2) is 9.67 Å². The van der Waals surface area contributed by atoms with Gasteiger partial charge in [-0.1, -0.05) is 12.1 Å². The van der Waals surface area contributed by atoms with Crippen molar-refractivity contribution >= 4 is 28.3 Å². The number of nitrogens with one attached hydrogen (secondary N) is 2. The van der Waals surface area contributed by atoms with Gasteiger partial charge in [0, 0.05) is 19.2 Å². The zero-order valence-electron chi connectivity index (χ0n) is 17.7. The van der Waals surface area contributed by atoms with E-state index >= 15 is 0 Å². The predicted molar refractivity (Wildman–Crippen MR) is 112 cm³/mol. The number of carbonyl (C=O) groups excluding carboxylic acids is 1. The highest BCUT2D eigenvalue weighted by Crippen LogP contribution is 2.30. The van der Waals surface area contributed by atoms with E-state index in [1.807, 2.05) is 13.8 Å². The molecule has 2 aromatic heterocycles. The van der Waals surface area contributed by atoms with Crippen molar-refractivity contribution in [3.05, 3.63) is 41.1 Å². The third-order valence-corrected chi connectivity index (χ3v) is 5.00. The van der Waals surface area contributed by atoms with E-state index in [9.17, 15) is 18.0 Å². The van der Waals surface area contributed by atoms with Crippen LogP contribution in [-0.2, 0) is 18.3 Å². The van der Waals surface area contributed by atoms with Crippen molar-refractivity contribution in [2.24, 2.45) is 7.05 Å². The smallest absolute Gasteiger partial charge is 0.405 e. The van der Waals surface area contributed by atoms with Crippen molar-refractivity contribution in [2.75, 3.05) is 24.3 Å². The normalized spacial score (nSPS) is 11.6.